The van der Waals surface area contributed by atoms with Crippen molar-refractivity contribution in [1.29, 1.82) is 0 Å². The first-order valence-corrected chi connectivity index (χ1v) is 13.1. The second kappa shape index (κ2) is 11.0. The highest BCUT2D eigenvalue weighted by atomic mass is 16.7. The van der Waals surface area contributed by atoms with Crippen LogP contribution in [0.1, 0.15) is 52.5 Å². The lowest BCUT2D eigenvalue weighted by molar-refractivity contribution is -0.220. The Labute approximate surface area is 210 Å². The van der Waals surface area contributed by atoms with Crippen LogP contribution in [0.2, 0.25) is 0 Å². The number of aliphatic carboxylic acids is 1. The first kappa shape index (κ1) is 26.2. The number of fused-ring (bicyclic) bond motifs is 1. The number of hydrogen-bond acceptors (Lipinski definition) is 5. The minimum Gasteiger partial charge on any atom is -0.497 e. The standard InChI is InChI=1S/C29H42O6/c1-18(2)27(28(30)31)24-13-19(3)12-23-25(14-29(15-26(23)24)34-10-11-35-29)20(4)16-33-17-21-6-8-22(32-5)9-7-21/h6-9,12,18,20,23-27H,10-11,13-17H2,1-5H3,(H,30,31)/t20-,23-,24-,25+,26+,27-/m1/s1. The summed E-state index contributed by atoms with van der Waals surface area (Å²) in [4.78, 5) is 12.4. The number of allylic oxidation sites excluding steroid dienone is 2. The Bertz CT molecular complexity index is 885. The van der Waals surface area contributed by atoms with Crippen molar-refractivity contribution in [2.45, 2.75) is 59.4 Å². The van der Waals surface area contributed by atoms with Crippen molar-refractivity contribution < 1.29 is 28.8 Å². The highest BCUT2D eigenvalue weighted by Crippen LogP contribution is 2.55. The van der Waals surface area contributed by atoms with E-state index in [0.717, 1.165) is 30.6 Å². The highest BCUT2D eigenvalue weighted by molar-refractivity contribution is 5.71. The second-order valence-electron chi connectivity index (χ2n) is 11.3. The van der Waals surface area contributed by atoms with E-state index in [4.69, 9.17) is 18.9 Å². The molecule has 1 aliphatic heterocycles. The quantitative estimate of drug-likeness (QED) is 0.461. The summed E-state index contributed by atoms with van der Waals surface area (Å²) in [5, 5.41) is 10.2. The molecule has 3 aliphatic rings. The molecule has 0 bridgehead atoms. The summed E-state index contributed by atoms with van der Waals surface area (Å²) in [5.74, 6) is 0.496. The largest absolute Gasteiger partial charge is 0.497 e. The van der Waals surface area contributed by atoms with Gasteiger partial charge in [0.25, 0.3) is 0 Å². The molecule has 35 heavy (non-hydrogen) atoms. The van der Waals surface area contributed by atoms with Crippen LogP contribution in [0.15, 0.2) is 35.9 Å². The van der Waals surface area contributed by atoms with E-state index in [1.165, 1.54) is 5.57 Å². The summed E-state index contributed by atoms with van der Waals surface area (Å²) in [6.07, 6.45) is 4.87. The summed E-state index contributed by atoms with van der Waals surface area (Å²) in [6.45, 7) is 10.9. The number of benzene rings is 1. The first-order valence-electron chi connectivity index (χ1n) is 13.1. The Morgan fingerprint density at radius 1 is 1.11 bits per heavy atom. The third-order valence-corrected chi connectivity index (χ3v) is 8.48. The smallest absolute Gasteiger partial charge is 0.307 e. The van der Waals surface area contributed by atoms with E-state index in [2.05, 4.69) is 19.9 Å². The van der Waals surface area contributed by atoms with E-state index in [-0.39, 0.29) is 29.6 Å². The highest BCUT2D eigenvalue weighted by Gasteiger charge is 2.55. The van der Waals surface area contributed by atoms with Gasteiger partial charge in [-0.15, -0.1) is 0 Å². The molecule has 0 amide bonds. The van der Waals surface area contributed by atoms with Crippen molar-refractivity contribution >= 4 is 5.97 Å². The number of carboxylic acids is 1. The van der Waals surface area contributed by atoms with Crippen LogP contribution in [0, 0.1) is 41.4 Å². The molecule has 1 saturated heterocycles. The summed E-state index contributed by atoms with van der Waals surface area (Å²) in [7, 11) is 1.67. The van der Waals surface area contributed by atoms with Gasteiger partial charge in [0.2, 0.25) is 0 Å². The molecule has 1 spiro atoms. The van der Waals surface area contributed by atoms with Crippen LogP contribution in [0.3, 0.4) is 0 Å². The molecule has 1 aromatic rings. The van der Waals surface area contributed by atoms with Gasteiger partial charge in [-0.2, -0.15) is 0 Å². The summed E-state index contributed by atoms with van der Waals surface area (Å²) in [6, 6.07) is 7.97. The molecule has 1 N–H and O–H groups in total. The van der Waals surface area contributed by atoms with Crippen LogP contribution in [0.4, 0.5) is 0 Å². The van der Waals surface area contributed by atoms with Crippen molar-refractivity contribution in [3.63, 3.8) is 0 Å². The number of methoxy groups -OCH3 is 1. The lowest BCUT2D eigenvalue weighted by Gasteiger charge is -2.52. The van der Waals surface area contributed by atoms with Crippen LogP contribution in [-0.4, -0.2) is 43.8 Å². The maximum absolute atomic E-state index is 12.4. The SMILES string of the molecule is COc1ccc(COC[C@@H](C)[C@@H]2CC3(C[C@H]4[C@@H]2C=C(C)C[C@H]4[C@H](C(=O)O)C(C)C)OCCO3)cc1. The Morgan fingerprint density at radius 3 is 2.40 bits per heavy atom. The van der Waals surface area contributed by atoms with Crippen molar-refractivity contribution in [3.8, 4) is 5.75 Å². The van der Waals surface area contributed by atoms with E-state index in [1.807, 2.05) is 38.1 Å². The van der Waals surface area contributed by atoms with E-state index >= 15 is 0 Å². The summed E-state index contributed by atoms with van der Waals surface area (Å²) < 4.78 is 23.9. The zero-order valence-corrected chi connectivity index (χ0v) is 21.9. The average Bonchev–Trinajstić information content (AvgIpc) is 3.26. The number of rotatable bonds is 9. The molecule has 1 aromatic carbocycles. The normalized spacial score (nSPS) is 29.5. The summed E-state index contributed by atoms with van der Waals surface area (Å²) >= 11 is 0. The molecule has 6 nitrogen and oxygen atoms in total. The molecule has 1 heterocycles. The van der Waals surface area contributed by atoms with Crippen molar-refractivity contribution in [2.75, 3.05) is 26.9 Å². The van der Waals surface area contributed by atoms with Gasteiger partial charge in [-0.05, 0) is 66.5 Å². The topological polar surface area (TPSA) is 74.2 Å². The maximum Gasteiger partial charge on any atom is 0.307 e. The Balaban J connectivity index is 1.53. The molecular weight excluding hydrogens is 444 g/mol. The Morgan fingerprint density at radius 2 is 1.80 bits per heavy atom. The third-order valence-electron chi connectivity index (χ3n) is 8.48. The lowest BCUT2D eigenvalue weighted by Crippen LogP contribution is -2.52. The van der Waals surface area contributed by atoms with Gasteiger partial charge in [-0.3, -0.25) is 4.79 Å². The molecular formula is C29H42O6. The predicted molar refractivity (Wildman–Crippen MR) is 134 cm³/mol. The molecule has 2 fully saturated rings. The molecule has 6 heteroatoms. The van der Waals surface area contributed by atoms with Crippen LogP contribution in [0.25, 0.3) is 0 Å². The number of ether oxygens (including phenoxy) is 4. The van der Waals surface area contributed by atoms with Gasteiger partial charge in [0.1, 0.15) is 5.75 Å². The minimum atomic E-state index is -0.682. The van der Waals surface area contributed by atoms with Crippen LogP contribution in [-0.2, 0) is 25.6 Å². The van der Waals surface area contributed by atoms with Gasteiger partial charge in [0.15, 0.2) is 5.79 Å². The average molecular weight is 487 g/mol. The molecule has 6 atom stereocenters. The number of carbonyl (C=O) groups is 1. The van der Waals surface area contributed by atoms with E-state index in [9.17, 15) is 9.90 Å². The van der Waals surface area contributed by atoms with E-state index in [1.54, 1.807) is 7.11 Å². The molecule has 0 radical (unpaired) electrons. The fourth-order valence-corrected chi connectivity index (χ4v) is 6.87. The second-order valence-corrected chi connectivity index (χ2v) is 11.3. The van der Waals surface area contributed by atoms with Crippen LogP contribution < -0.4 is 4.74 Å². The summed E-state index contributed by atoms with van der Waals surface area (Å²) in [5.41, 5.74) is 2.43. The molecule has 1 saturated carbocycles. The third kappa shape index (κ3) is 5.76. The molecule has 4 rings (SSSR count). The maximum atomic E-state index is 12.4. The van der Waals surface area contributed by atoms with Gasteiger partial charge >= 0.3 is 5.97 Å². The van der Waals surface area contributed by atoms with Crippen molar-refractivity contribution in [3.05, 3.63) is 41.5 Å². The fourth-order valence-electron chi connectivity index (χ4n) is 6.87. The zero-order chi connectivity index (χ0) is 25.2. The molecule has 194 valence electrons. The van der Waals surface area contributed by atoms with E-state index < -0.39 is 11.8 Å². The van der Waals surface area contributed by atoms with E-state index in [0.29, 0.717) is 38.3 Å². The molecule has 0 aromatic heterocycles. The van der Waals surface area contributed by atoms with Gasteiger partial charge in [-0.1, -0.05) is 44.6 Å². The van der Waals surface area contributed by atoms with Crippen LogP contribution >= 0.6 is 0 Å². The Kier molecular flexibility index (Phi) is 8.24. The molecule has 2 aliphatic carbocycles. The number of carboxylic acid groups (broad SMARTS) is 1. The minimum absolute atomic E-state index is 0.0797. The van der Waals surface area contributed by atoms with Crippen LogP contribution in [0.5, 0.6) is 5.75 Å². The van der Waals surface area contributed by atoms with Gasteiger partial charge in [0, 0.05) is 19.4 Å². The Hall–Kier alpha value is -1.89. The first-order chi connectivity index (χ1) is 16.7. The van der Waals surface area contributed by atoms with Gasteiger partial charge in [0.05, 0.1) is 32.8 Å². The lowest BCUT2D eigenvalue weighted by atomic mass is 9.55. The molecule has 0 unspecified atom stereocenters. The predicted octanol–water partition coefficient (Wildman–Crippen LogP) is 5.56. The fraction of sp³-hybridized carbons (Fsp3) is 0.690. The van der Waals surface area contributed by atoms with Crippen molar-refractivity contribution in [1.82, 2.24) is 0 Å². The number of hydrogen-bond donors (Lipinski definition) is 1. The van der Waals surface area contributed by atoms with Gasteiger partial charge < -0.3 is 24.1 Å². The zero-order valence-electron chi connectivity index (χ0n) is 21.9. The van der Waals surface area contributed by atoms with Gasteiger partial charge in [-0.25, -0.2) is 0 Å². The van der Waals surface area contributed by atoms with Crippen molar-refractivity contribution in [2.24, 2.45) is 41.4 Å². The monoisotopic (exact) mass is 486 g/mol.